The Bertz CT molecular complexity index is 1640. The van der Waals surface area contributed by atoms with Crippen molar-refractivity contribution in [2.75, 3.05) is 12.8 Å². The van der Waals surface area contributed by atoms with Crippen LogP contribution in [0.25, 0.3) is 33.9 Å². The average molecular weight is 503 g/mol. The summed E-state index contributed by atoms with van der Waals surface area (Å²) in [7, 11) is -3.60. The fourth-order valence-corrected chi connectivity index (χ4v) is 4.64. The minimum atomic E-state index is -3.60. The zero-order chi connectivity index (χ0) is 24.7. The normalized spacial score (nSPS) is 16.0. The van der Waals surface area contributed by atoms with Crippen molar-refractivity contribution in [3.63, 3.8) is 0 Å². The van der Waals surface area contributed by atoms with Crippen molar-refractivity contribution in [1.29, 1.82) is 0 Å². The second kappa shape index (κ2) is 8.81. The summed E-state index contributed by atoms with van der Waals surface area (Å²) in [6, 6.07) is 17.0. The van der Waals surface area contributed by atoms with Crippen LogP contribution in [-0.2, 0) is 10.0 Å². The van der Waals surface area contributed by atoms with Gasteiger partial charge < -0.3 is 15.0 Å². The van der Waals surface area contributed by atoms with Gasteiger partial charge in [0.25, 0.3) is 10.0 Å². The molecule has 0 aliphatic carbocycles. The van der Waals surface area contributed by atoms with Crippen LogP contribution in [0, 0.1) is 0 Å². The van der Waals surface area contributed by atoms with Crippen LogP contribution in [0.15, 0.2) is 60.8 Å². The summed E-state index contributed by atoms with van der Waals surface area (Å²) in [6.07, 6.45) is 4.87. The fourth-order valence-electron chi connectivity index (χ4n) is 4.25. The van der Waals surface area contributed by atoms with E-state index in [0.29, 0.717) is 21.3 Å². The summed E-state index contributed by atoms with van der Waals surface area (Å²) in [5.41, 5.74) is 4.15. The van der Waals surface area contributed by atoms with Gasteiger partial charge in [-0.2, -0.15) is 0 Å². The van der Waals surface area contributed by atoms with Gasteiger partial charge in [0, 0.05) is 29.4 Å². The van der Waals surface area contributed by atoms with E-state index in [9.17, 15) is 8.42 Å². The lowest BCUT2D eigenvalue weighted by Gasteiger charge is -2.17. The molecule has 1 aliphatic rings. The first-order valence-electron chi connectivity index (χ1n) is 11.4. The van der Waals surface area contributed by atoms with Crippen molar-refractivity contribution in [2.45, 2.75) is 18.9 Å². The highest BCUT2D eigenvalue weighted by molar-refractivity contribution is 7.88. The molecule has 11 nitrogen and oxygen atoms in total. The van der Waals surface area contributed by atoms with Crippen molar-refractivity contribution in [3.05, 3.63) is 66.4 Å². The number of benzene rings is 2. The third kappa shape index (κ3) is 4.32. The summed E-state index contributed by atoms with van der Waals surface area (Å²) < 4.78 is 30.2. The molecule has 12 heteroatoms. The number of imidazole rings is 1. The van der Waals surface area contributed by atoms with E-state index in [1.807, 2.05) is 24.3 Å². The Morgan fingerprint density at radius 2 is 1.97 bits per heavy atom. The molecule has 5 aromatic rings. The summed E-state index contributed by atoms with van der Waals surface area (Å²) in [5.74, 6) is 2.25. The number of rotatable bonds is 6. The van der Waals surface area contributed by atoms with Crippen molar-refractivity contribution < 1.29 is 13.2 Å². The second-order valence-electron chi connectivity index (χ2n) is 8.58. The number of fused-ring (bicyclic) bond motifs is 1. The SMILES string of the molecule is CS(=O)(=O)n1nnc(-c2ccc(Oc3cc4nc(-c5ccccn5)[nH]c4cc3C3CCCN3)cc2)n1. The average Bonchev–Trinajstić information content (AvgIpc) is 3.65. The molecule has 0 spiro atoms. The minimum Gasteiger partial charge on any atom is -0.457 e. The van der Waals surface area contributed by atoms with Crippen LogP contribution in [-0.4, -0.2) is 55.8 Å². The molecule has 2 N–H and O–H groups in total. The highest BCUT2D eigenvalue weighted by atomic mass is 32.2. The van der Waals surface area contributed by atoms with Crippen molar-refractivity contribution in [1.82, 2.24) is 39.9 Å². The maximum absolute atomic E-state index is 11.6. The molecule has 1 fully saturated rings. The largest absolute Gasteiger partial charge is 0.457 e. The van der Waals surface area contributed by atoms with Gasteiger partial charge in [-0.25, -0.2) is 13.4 Å². The predicted octanol–water partition coefficient (Wildman–Crippen LogP) is 3.30. The molecule has 1 aliphatic heterocycles. The molecule has 1 atom stereocenters. The van der Waals surface area contributed by atoms with Gasteiger partial charge in [0.2, 0.25) is 5.82 Å². The maximum Gasteiger partial charge on any atom is 0.268 e. The van der Waals surface area contributed by atoms with E-state index in [-0.39, 0.29) is 11.9 Å². The van der Waals surface area contributed by atoms with Gasteiger partial charge in [0.05, 0.1) is 17.3 Å². The molecule has 0 bridgehead atoms. The number of ether oxygens (including phenoxy) is 1. The van der Waals surface area contributed by atoms with E-state index in [1.165, 1.54) is 0 Å². The standard InChI is InChI=1S/C24H22N8O3S/c1-36(33,34)32-30-23(29-31-32)15-7-9-16(10-8-15)35-22-14-21-20(13-17(22)18-6-4-12-25-18)27-24(28-21)19-5-2-3-11-26-19/h2-3,5,7-11,13-14,18,25H,4,6,12H2,1H3,(H,27,28). The number of tetrazole rings is 1. The van der Waals surface area contributed by atoms with E-state index >= 15 is 0 Å². The van der Waals surface area contributed by atoms with Gasteiger partial charge in [-0.1, -0.05) is 6.07 Å². The van der Waals surface area contributed by atoms with Crippen LogP contribution in [0.3, 0.4) is 0 Å². The van der Waals surface area contributed by atoms with Gasteiger partial charge in [-0.3, -0.25) is 4.98 Å². The number of H-pyrrole nitrogens is 1. The molecule has 0 amide bonds. The molecule has 3 aromatic heterocycles. The van der Waals surface area contributed by atoms with Gasteiger partial charge in [0.1, 0.15) is 17.2 Å². The van der Waals surface area contributed by atoms with Crippen LogP contribution in [0.4, 0.5) is 0 Å². The lowest BCUT2D eigenvalue weighted by atomic mass is 10.0. The highest BCUT2D eigenvalue weighted by Gasteiger charge is 2.22. The van der Waals surface area contributed by atoms with Crippen LogP contribution in [0.1, 0.15) is 24.4 Å². The van der Waals surface area contributed by atoms with Crippen molar-refractivity contribution in [2.24, 2.45) is 0 Å². The van der Waals surface area contributed by atoms with Crippen LogP contribution < -0.4 is 10.1 Å². The third-order valence-corrected chi connectivity index (χ3v) is 6.74. The molecule has 182 valence electrons. The summed E-state index contributed by atoms with van der Waals surface area (Å²) in [4.78, 5) is 12.5. The fraction of sp³-hybridized carbons (Fsp3) is 0.208. The zero-order valence-electron chi connectivity index (χ0n) is 19.3. The topological polar surface area (TPSA) is 141 Å². The lowest BCUT2D eigenvalue weighted by molar-refractivity contribution is 0.466. The third-order valence-electron chi connectivity index (χ3n) is 5.99. The molecule has 1 saturated heterocycles. The van der Waals surface area contributed by atoms with Gasteiger partial charge in [-0.15, -0.1) is 10.2 Å². The first-order valence-corrected chi connectivity index (χ1v) is 13.3. The summed E-state index contributed by atoms with van der Waals surface area (Å²) >= 11 is 0. The molecule has 6 rings (SSSR count). The maximum atomic E-state index is 11.6. The molecular formula is C24H22N8O3S. The van der Waals surface area contributed by atoms with E-state index in [4.69, 9.17) is 9.72 Å². The number of hydrogen-bond donors (Lipinski definition) is 2. The summed E-state index contributed by atoms with van der Waals surface area (Å²) in [5, 5.41) is 14.9. The van der Waals surface area contributed by atoms with E-state index in [2.05, 4.69) is 36.8 Å². The van der Waals surface area contributed by atoms with Gasteiger partial charge in [0.15, 0.2) is 5.82 Å². The number of pyridine rings is 1. The molecule has 36 heavy (non-hydrogen) atoms. The Hall–Kier alpha value is -4.16. The quantitative estimate of drug-likeness (QED) is 0.358. The first-order chi connectivity index (χ1) is 17.4. The number of hydrogen-bond acceptors (Lipinski definition) is 9. The Morgan fingerprint density at radius 3 is 2.67 bits per heavy atom. The van der Waals surface area contributed by atoms with E-state index in [1.54, 1.807) is 30.5 Å². The highest BCUT2D eigenvalue weighted by Crippen LogP contribution is 2.37. The number of nitrogens with one attached hydrogen (secondary N) is 2. The molecule has 1 unspecified atom stereocenters. The Morgan fingerprint density at radius 1 is 1.11 bits per heavy atom. The molecule has 0 radical (unpaired) electrons. The minimum absolute atomic E-state index is 0.181. The molecule has 0 saturated carbocycles. The van der Waals surface area contributed by atoms with Crippen molar-refractivity contribution in [3.8, 4) is 34.4 Å². The van der Waals surface area contributed by atoms with Gasteiger partial charge >= 0.3 is 0 Å². The molecule has 2 aromatic carbocycles. The molecular weight excluding hydrogens is 480 g/mol. The van der Waals surface area contributed by atoms with Crippen molar-refractivity contribution >= 4 is 21.1 Å². The Labute approximate surface area is 206 Å². The summed E-state index contributed by atoms with van der Waals surface area (Å²) in [6.45, 7) is 0.958. The van der Waals surface area contributed by atoms with E-state index < -0.39 is 10.0 Å². The Balaban J connectivity index is 1.33. The lowest BCUT2D eigenvalue weighted by Crippen LogP contribution is -2.13. The van der Waals surface area contributed by atoms with Crippen LogP contribution in [0.5, 0.6) is 11.5 Å². The number of aromatic nitrogens is 7. The predicted molar refractivity (Wildman–Crippen MR) is 133 cm³/mol. The molecule has 4 heterocycles. The first kappa shape index (κ1) is 22.3. The number of nitrogens with zero attached hydrogens (tertiary/aromatic N) is 6. The monoisotopic (exact) mass is 502 g/mol. The number of aromatic amines is 1. The Kier molecular flexibility index (Phi) is 5.46. The van der Waals surface area contributed by atoms with Crippen LogP contribution >= 0.6 is 0 Å². The zero-order valence-corrected chi connectivity index (χ0v) is 20.1. The second-order valence-corrected chi connectivity index (χ2v) is 10.4. The van der Waals surface area contributed by atoms with Gasteiger partial charge in [-0.05, 0) is 71.3 Å². The van der Waals surface area contributed by atoms with Crippen LogP contribution in [0.2, 0.25) is 0 Å². The smallest absolute Gasteiger partial charge is 0.268 e. The van der Waals surface area contributed by atoms with E-state index in [0.717, 1.165) is 53.7 Å².